The number of carbonyl (C=O) groups is 4. The van der Waals surface area contributed by atoms with Crippen LogP contribution in [0.4, 0.5) is 11.4 Å². The van der Waals surface area contributed by atoms with Crippen molar-refractivity contribution < 1.29 is 19.2 Å². The number of carbonyl (C=O) groups excluding carboxylic acids is 4. The summed E-state index contributed by atoms with van der Waals surface area (Å²) in [5.41, 5.74) is 8.08. The largest absolute Gasteiger partial charge is 0.378 e. The van der Waals surface area contributed by atoms with Gasteiger partial charge < -0.3 is 31.1 Å². The fourth-order valence-corrected chi connectivity index (χ4v) is 13.7. The van der Waals surface area contributed by atoms with Gasteiger partial charge in [0.05, 0.1) is 36.0 Å². The maximum absolute atomic E-state index is 14.2. The smallest absolute Gasteiger partial charge is 0.251 e. The van der Waals surface area contributed by atoms with Gasteiger partial charge in [0.1, 0.15) is 0 Å². The Morgan fingerprint density at radius 3 is 1.26 bits per heavy atom. The van der Waals surface area contributed by atoms with Gasteiger partial charge in [-0.1, -0.05) is 146 Å². The Balaban J connectivity index is 0.000000159. The van der Waals surface area contributed by atoms with Crippen LogP contribution in [0.2, 0.25) is 10.0 Å². The van der Waals surface area contributed by atoms with E-state index >= 15 is 0 Å². The number of nitrogens with one attached hydrogen (secondary N) is 4. The molecule has 4 amide bonds. The van der Waals surface area contributed by atoms with Crippen LogP contribution in [0.25, 0.3) is 0 Å². The molecule has 10 nitrogen and oxygen atoms in total. The van der Waals surface area contributed by atoms with Crippen molar-refractivity contribution in [2.75, 3.05) is 23.7 Å². The van der Waals surface area contributed by atoms with Gasteiger partial charge in [-0.05, 0) is 121 Å². The van der Waals surface area contributed by atoms with Crippen LogP contribution in [0.15, 0.2) is 158 Å². The fourth-order valence-electron chi connectivity index (χ4n) is 13.3. The summed E-state index contributed by atoms with van der Waals surface area (Å²) in [6, 6.07) is 51.2. The summed E-state index contributed by atoms with van der Waals surface area (Å²) in [7, 11) is 0. The van der Waals surface area contributed by atoms with Gasteiger partial charge in [0.25, 0.3) is 11.8 Å². The molecule has 380 valence electrons. The van der Waals surface area contributed by atoms with E-state index in [9.17, 15) is 19.2 Å². The minimum Gasteiger partial charge on any atom is -0.378 e. The summed E-state index contributed by atoms with van der Waals surface area (Å²) in [6.07, 6.45) is 9.21. The van der Waals surface area contributed by atoms with Crippen molar-refractivity contribution in [1.82, 2.24) is 20.4 Å². The molecule has 0 aromatic heterocycles. The minimum atomic E-state index is -0.202. The second-order valence-corrected chi connectivity index (χ2v) is 21.9. The van der Waals surface area contributed by atoms with Crippen molar-refractivity contribution in [3.63, 3.8) is 0 Å². The lowest BCUT2D eigenvalue weighted by atomic mass is 9.79. The van der Waals surface area contributed by atoms with Gasteiger partial charge in [0, 0.05) is 69.6 Å². The van der Waals surface area contributed by atoms with Gasteiger partial charge in [-0.2, -0.15) is 0 Å². The zero-order valence-electron chi connectivity index (χ0n) is 41.6. The highest BCUT2D eigenvalue weighted by molar-refractivity contribution is 6.31. The third-order valence-electron chi connectivity index (χ3n) is 16.8. The zero-order chi connectivity index (χ0) is 50.7. The van der Waals surface area contributed by atoms with Crippen LogP contribution in [0.1, 0.15) is 131 Å². The normalized spacial score (nSPS) is 26.5. The summed E-state index contributed by atoms with van der Waals surface area (Å²) in [4.78, 5) is 58.6. The monoisotopic (exact) mass is 1030 g/mol. The molecule has 6 aromatic carbocycles. The summed E-state index contributed by atoms with van der Waals surface area (Å²) in [5.74, 6) is 0.241. The van der Waals surface area contributed by atoms with Crippen molar-refractivity contribution in [3.8, 4) is 0 Å². The van der Waals surface area contributed by atoms with Gasteiger partial charge in [-0.3, -0.25) is 19.2 Å². The van der Waals surface area contributed by atoms with E-state index in [0.29, 0.717) is 11.1 Å². The number of hydrogen-bond donors (Lipinski definition) is 4. The number of para-hydroxylation sites is 2. The molecular formula is C62H64Cl2N6O4. The molecule has 2 aliphatic carbocycles. The number of likely N-dealkylation sites (tertiary alicyclic amines) is 2. The van der Waals surface area contributed by atoms with E-state index in [1.54, 1.807) is 0 Å². The highest BCUT2D eigenvalue weighted by Gasteiger charge is 2.50. The van der Waals surface area contributed by atoms with E-state index in [1.807, 2.05) is 109 Å². The minimum absolute atomic E-state index is 0.00123. The molecule has 0 unspecified atom stereocenters. The lowest BCUT2D eigenvalue weighted by Gasteiger charge is -2.42. The van der Waals surface area contributed by atoms with Crippen LogP contribution in [0, 0.1) is 23.7 Å². The molecule has 4 aliphatic heterocycles. The zero-order valence-corrected chi connectivity index (χ0v) is 43.1. The number of amides is 4. The summed E-state index contributed by atoms with van der Waals surface area (Å²) in [6.45, 7) is 1.44. The topological polar surface area (TPSA) is 123 Å². The molecule has 0 bridgehead atoms. The molecule has 12 heteroatoms. The third-order valence-corrected chi connectivity index (χ3v) is 17.2. The lowest BCUT2D eigenvalue weighted by molar-refractivity contribution is -0.139. The van der Waals surface area contributed by atoms with Crippen LogP contribution in [-0.4, -0.2) is 58.6 Å². The Hall–Kier alpha value is -6.62. The molecule has 2 saturated carbocycles. The maximum atomic E-state index is 14.2. The Morgan fingerprint density at radius 1 is 0.446 bits per heavy atom. The number of rotatable bonds is 8. The Bertz CT molecular complexity index is 2790. The van der Waals surface area contributed by atoms with E-state index in [0.717, 1.165) is 110 Å². The van der Waals surface area contributed by atoms with E-state index in [2.05, 4.69) is 79.6 Å². The van der Waals surface area contributed by atoms with Crippen LogP contribution < -0.4 is 21.3 Å². The highest BCUT2D eigenvalue weighted by Crippen LogP contribution is 2.54. The summed E-state index contributed by atoms with van der Waals surface area (Å²) < 4.78 is 0. The standard InChI is InChI=1S/2C31H32ClN3O2/c2*32-22-12-8-11-21(19-22)28-25-17-18-35(29(25)23-13-4-6-15-26(23)33-28)31(37)24-14-5-7-16-27(24)34-30(36)20-9-2-1-3-10-20/h2*1-4,6,8-13,15,19,24-25,27-29,33H,5,7,14,16-18H2,(H,34,36)/t24-,25+,27+,28-,29-;24-,25-,27+,28+,29+/m00/s1. The molecule has 4 N–H and O–H groups in total. The van der Waals surface area contributed by atoms with E-state index in [4.69, 9.17) is 23.2 Å². The van der Waals surface area contributed by atoms with Crippen molar-refractivity contribution in [2.24, 2.45) is 23.7 Å². The molecule has 12 rings (SSSR count). The molecule has 10 atom stereocenters. The predicted molar refractivity (Wildman–Crippen MR) is 293 cm³/mol. The number of fused-ring (bicyclic) bond motifs is 6. The van der Waals surface area contributed by atoms with Crippen molar-refractivity contribution in [2.45, 2.75) is 100 Å². The number of anilines is 2. The van der Waals surface area contributed by atoms with Gasteiger partial charge in [0.15, 0.2) is 0 Å². The summed E-state index contributed by atoms with van der Waals surface area (Å²) in [5, 5.41) is 15.4. The number of benzene rings is 6. The van der Waals surface area contributed by atoms with Crippen molar-refractivity contribution in [1.29, 1.82) is 0 Å². The average Bonchev–Trinajstić information content (AvgIpc) is 4.10. The lowest BCUT2D eigenvalue weighted by Crippen LogP contribution is -2.50. The van der Waals surface area contributed by atoms with Crippen molar-refractivity contribution in [3.05, 3.63) is 201 Å². The summed E-state index contributed by atoms with van der Waals surface area (Å²) >= 11 is 12.7. The Kier molecular flexibility index (Phi) is 14.8. The molecule has 2 saturated heterocycles. The second kappa shape index (κ2) is 22.1. The van der Waals surface area contributed by atoms with Crippen LogP contribution in [0.3, 0.4) is 0 Å². The SMILES string of the molecule is O=C(N[C@@H]1CCCC[C@@H]1C(=O)N1CC[C@@H]2[C@H](c3cccc(Cl)c3)Nc3ccccc3[C@@H]21)c1ccccc1.O=C(N[C@@H]1CCCC[C@@H]1C(=O)N1CC[C@H]2[C@@H](c3cccc(Cl)c3)Nc3ccccc3[C@H]21)c1ccccc1. The van der Waals surface area contributed by atoms with Gasteiger partial charge >= 0.3 is 0 Å². The van der Waals surface area contributed by atoms with Crippen LogP contribution in [0.5, 0.6) is 0 Å². The molecule has 4 fully saturated rings. The molecular weight excluding hydrogens is 964 g/mol. The van der Waals surface area contributed by atoms with E-state index in [1.165, 1.54) is 11.1 Å². The number of nitrogens with zero attached hydrogens (tertiary/aromatic N) is 2. The third kappa shape index (κ3) is 10.2. The molecule has 6 aromatic rings. The molecule has 6 aliphatic rings. The van der Waals surface area contributed by atoms with Gasteiger partial charge in [-0.25, -0.2) is 0 Å². The number of halogens is 2. The molecule has 74 heavy (non-hydrogen) atoms. The van der Waals surface area contributed by atoms with Crippen LogP contribution in [-0.2, 0) is 9.59 Å². The maximum Gasteiger partial charge on any atom is 0.251 e. The van der Waals surface area contributed by atoms with Crippen molar-refractivity contribution >= 4 is 58.2 Å². The fraction of sp³-hybridized carbons (Fsp3) is 0.355. The molecule has 0 radical (unpaired) electrons. The van der Waals surface area contributed by atoms with E-state index < -0.39 is 0 Å². The molecule has 0 spiro atoms. The Morgan fingerprint density at radius 2 is 0.838 bits per heavy atom. The first-order valence-corrected chi connectivity index (χ1v) is 27.5. The Labute approximate surface area is 444 Å². The van der Waals surface area contributed by atoms with E-state index in [-0.39, 0.29) is 83.6 Å². The quantitative estimate of drug-likeness (QED) is 0.120. The first kappa shape index (κ1) is 49.6. The van der Waals surface area contributed by atoms with Gasteiger partial charge in [0.2, 0.25) is 11.8 Å². The first-order valence-electron chi connectivity index (χ1n) is 26.7. The van der Waals surface area contributed by atoms with Gasteiger partial charge in [-0.15, -0.1) is 0 Å². The second-order valence-electron chi connectivity index (χ2n) is 21.1. The highest BCUT2D eigenvalue weighted by atomic mass is 35.5. The van der Waals surface area contributed by atoms with Crippen LogP contribution >= 0.6 is 23.2 Å². The molecule has 4 heterocycles. The number of hydrogen-bond acceptors (Lipinski definition) is 6. The first-order chi connectivity index (χ1) is 36.2. The average molecular weight is 1030 g/mol. The predicted octanol–water partition coefficient (Wildman–Crippen LogP) is 12.8.